The van der Waals surface area contributed by atoms with E-state index >= 15 is 0 Å². The average Bonchev–Trinajstić information content (AvgIpc) is 1.94. The van der Waals surface area contributed by atoms with Crippen LogP contribution >= 0.6 is 0 Å². The fourth-order valence-electron chi connectivity index (χ4n) is 1.76. The van der Waals surface area contributed by atoms with Crippen LogP contribution in [0.15, 0.2) is 0 Å². The summed E-state index contributed by atoms with van der Waals surface area (Å²) in [4.78, 5) is 13.3. The highest BCUT2D eigenvalue weighted by atomic mass is 16.3. The molecule has 12 heavy (non-hydrogen) atoms. The van der Waals surface area contributed by atoms with Crippen molar-refractivity contribution in [3.05, 3.63) is 0 Å². The average molecular weight is 171 g/mol. The minimum absolute atomic E-state index is 0.0894. The van der Waals surface area contributed by atoms with Gasteiger partial charge in [-0.15, -0.1) is 0 Å². The van der Waals surface area contributed by atoms with Gasteiger partial charge < -0.3 is 10.0 Å². The summed E-state index contributed by atoms with van der Waals surface area (Å²) in [7, 11) is 1.98. The van der Waals surface area contributed by atoms with Gasteiger partial charge in [0.1, 0.15) is 5.78 Å². The fourth-order valence-corrected chi connectivity index (χ4v) is 1.76. The summed E-state index contributed by atoms with van der Waals surface area (Å²) in [6.45, 7) is 4.86. The van der Waals surface area contributed by atoms with Crippen molar-refractivity contribution in [2.45, 2.75) is 25.9 Å². The predicted molar refractivity (Wildman–Crippen MR) is 46.9 cm³/mol. The molecule has 0 aromatic carbocycles. The van der Waals surface area contributed by atoms with E-state index in [4.69, 9.17) is 0 Å². The number of piperidine rings is 1. The summed E-state index contributed by atoms with van der Waals surface area (Å²) in [6.07, 6.45) is 0.688. The molecule has 0 aliphatic carbocycles. The molecule has 1 aliphatic rings. The molecule has 0 spiro atoms. The Balaban J connectivity index is 2.72. The number of ketones is 1. The van der Waals surface area contributed by atoms with Crippen molar-refractivity contribution in [3.63, 3.8) is 0 Å². The van der Waals surface area contributed by atoms with Crippen molar-refractivity contribution in [2.75, 3.05) is 20.1 Å². The van der Waals surface area contributed by atoms with E-state index in [1.807, 2.05) is 7.05 Å². The molecule has 0 unspecified atom stereocenters. The van der Waals surface area contributed by atoms with Gasteiger partial charge in [-0.05, 0) is 27.3 Å². The first-order valence-corrected chi connectivity index (χ1v) is 4.35. The van der Waals surface area contributed by atoms with Gasteiger partial charge in [-0.25, -0.2) is 0 Å². The number of carbonyl (C=O) groups is 1. The SMILES string of the molecule is CC(=O)[C@@H]1CN(C)CC[C@@]1(C)O. The second kappa shape index (κ2) is 3.15. The number of rotatable bonds is 1. The van der Waals surface area contributed by atoms with E-state index in [0.717, 1.165) is 6.54 Å². The Labute approximate surface area is 73.4 Å². The van der Waals surface area contributed by atoms with Crippen LogP contribution in [0, 0.1) is 5.92 Å². The highest BCUT2D eigenvalue weighted by Gasteiger charge is 2.39. The first kappa shape index (κ1) is 9.68. The zero-order valence-electron chi connectivity index (χ0n) is 8.00. The lowest BCUT2D eigenvalue weighted by Crippen LogP contribution is -2.51. The lowest BCUT2D eigenvalue weighted by Gasteiger charge is -2.39. The fraction of sp³-hybridized carbons (Fsp3) is 0.889. The van der Waals surface area contributed by atoms with Crippen LogP contribution in [0.1, 0.15) is 20.3 Å². The third kappa shape index (κ3) is 1.84. The molecule has 3 nitrogen and oxygen atoms in total. The minimum atomic E-state index is -0.793. The molecule has 0 aromatic rings. The van der Waals surface area contributed by atoms with Crippen molar-refractivity contribution >= 4 is 5.78 Å². The Kier molecular flexibility index (Phi) is 2.54. The summed E-state index contributed by atoms with van der Waals surface area (Å²) in [5.41, 5.74) is -0.793. The lowest BCUT2D eigenvalue weighted by molar-refractivity contribution is -0.134. The van der Waals surface area contributed by atoms with E-state index in [1.54, 1.807) is 13.8 Å². The molecule has 1 fully saturated rings. The van der Waals surface area contributed by atoms with Gasteiger partial charge in [-0.2, -0.15) is 0 Å². The largest absolute Gasteiger partial charge is 0.389 e. The van der Waals surface area contributed by atoms with Gasteiger partial charge in [-0.1, -0.05) is 0 Å². The second-order valence-electron chi connectivity index (χ2n) is 4.03. The molecule has 0 amide bonds. The first-order chi connectivity index (χ1) is 5.43. The Morgan fingerprint density at radius 3 is 2.67 bits per heavy atom. The number of hydrogen-bond donors (Lipinski definition) is 1. The summed E-state index contributed by atoms with van der Waals surface area (Å²) >= 11 is 0. The highest BCUT2D eigenvalue weighted by molar-refractivity contribution is 5.79. The van der Waals surface area contributed by atoms with Gasteiger partial charge in [-0.3, -0.25) is 4.79 Å². The van der Waals surface area contributed by atoms with Crippen molar-refractivity contribution in [1.82, 2.24) is 4.90 Å². The number of carbonyl (C=O) groups excluding carboxylic acids is 1. The van der Waals surface area contributed by atoms with Crippen LogP contribution in [0.5, 0.6) is 0 Å². The maximum Gasteiger partial charge on any atom is 0.137 e. The van der Waals surface area contributed by atoms with Crippen LogP contribution < -0.4 is 0 Å². The first-order valence-electron chi connectivity index (χ1n) is 4.35. The van der Waals surface area contributed by atoms with E-state index in [-0.39, 0.29) is 11.7 Å². The molecule has 70 valence electrons. The van der Waals surface area contributed by atoms with Crippen LogP contribution in [0.2, 0.25) is 0 Å². The maximum atomic E-state index is 11.2. The second-order valence-corrected chi connectivity index (χ2v) is 4.03. The van der Waals surface area contributed by atoms with Crippen molar-refractivity contribution in [1.29, 1.82) is 0 Å². The predicted octanol–water partition coefficient (Wildman–Crippen LogP) is 0.278. The zero-order valence-corrected chi connectivity index (χ0v) is 8.00. The topological polar surface area (TPSA) is 40.5 Å². The third-order valence-corrected chi connectivity index (χ3v) is 2.74. The van der Waals surface area contributed by atoms with Crippen LogP contribution in [0.25, 0.3) is 0 Å². The van der Waals surface area contributed by atoms with E-state index in [9.17, 15) is 9.90 Å². The molecule has 3 heteroatoms. The van der Waals surface area contributed by atoms with Crippen LogP contribution in [0.4, 0.5) is 0 Å². The molecule has 2 atom stereocenters. The summed E-state index contributed by atoms with van der Waals surface area (Å²) in [5.74, 6) is -0.122. The Morgan fingerprint density at radius 2 is 2.25 bits per heavy atom. The molecule has 0 bridgehead atoms. The van der Waals surface area contributed by atoms with Gasteiger partial charge >= 0.3 is 0 Å². The quantitative estimate of drug-likeness (QED) is 0.616. The van der Waals surface area contributed by atoms with Gasteiger partial charge in [0.2, 0.25) is 0 Å². The van der Waals surface area contributed by atoms with Gasteiger partial charge in [0.15, 0.2) is 0 Å². The minimum Gasteiger partial charge on any atom is -0.389 e. The monoisotopic (exact) mass is 171 g/mol. The van der Waals surface area contributed by atoms with Crippen molar-refractivity contribution in [2.24, 2.45) is 5.92 Å². The third-order valence-electron chi connectivity index (χ3n) is 2.74. The van der Waals surface area contributed by atoms with Crippen molar-refractivity contribution < 1.29 is 9.90 Å². The molecule has 1 N–H and O–H groups in total. The number of likely N-dealkylation sites (tertiary alicyclic amines) is 1. The molecule has 1 heterocycles. The van der Waals surface area contributed by atoms with Crippen LogP contribution in [0.3, 0.4) is 0 Å². The molecule has 0 radical (unpaired) electrons. The Hall–Kier alpha value is -0.410. The normalized spacial score (nSPS) is 38.2. The molecule has 1 saturated heterocycles. The summed E-state index contributed by atoms with van der Waals surface area (Å²) in [6, 6.07) is 0. The lowest BCUT2D eigenvalue weighted by atomic mass is 9.80. The number of nitrogens with zero attached hydrogens (tertiary/aromatic N) is 1. The van der Waals surface area contributed by atoms with Crippen LogP contribution in [-0.2, 0) is 4.79 Å². The highest BCUT2D eigenvalue weighted by Crippen LogP contribution is 2.27. The molecule has 0 saturated carbocycles. The van der Waals surface area contributed by atoms with E-state index in [1.165, 1.54) is 0 Å². The molecule has 0 aromatic heterocycles. The molecule has 1 rings (SSSR count). The Morgan fingerprint density at radius 1 is 1.67 bits per heavy atom. The molecular formula is C9H17NO2. The standard InChI is InChI=1S/C9H17NO2/c1-7(11)8-6-10(3)5-4-9(8,2)12/h8,12H,4-6H2,1-3H3/t8-,9+/m0/s1. The Bertz CT molecular complexity index is 189. The maximum absolute atomic E-state index is 11.2. The van der Waals surface area contributed by atoms with E-state index in [2.05, 4.69) is 4.90 Å². The smallest absolute Gasteiger partial charge is 0.137 e. The number of aliphatic hydroxyl groups is 1. The van der Waals surface area contributed by atoms with E-state index in [0.29, 0.717) is 13.0 Å². The van der Waals surface area contributed by atoms with Crippen LogP contribution in [-0.4, -0.2) is 41.5 Å². The van der Waals surface area contributed by atoms with E-state index < -0.39 is 5.60 Å². The van der Waals surface area contributed by atoms with Gasteiger partial charge in [0.05, 0.1) is 11.5 Å². The zero-order chi connectivity index (χ0) is 9.35. The number of hydrogen-bond acceptors (Lipinski definition) is 3. The summed E-state index contributed by atoms with van der Waals surface area (Å²) < 4.78 is 0. The molecule has 1 aliphatic heterocycles. The number of Topliss-reactive ketones (excluding diaryl/α,β-unsaturated/α-hetero) is 1. The van der Waals surface area contributed by atoms with Gasteiger partial charge in [0.25, 0.3) is 0 Å². The van der Waals surface area contributed by atoms with Gasteiger partial charge in [0, 0.05) is 13.1 Å². The molecular weight excluding hydrogens is 154 g/mol. The summed E-state index contributed by atoms with van der Waals surface area (Å²) in [5, 5.41) is 9.87. The van der Waals surface area contributed by atoms with Crippen molar-refractivity contribution in [3.8, 4) is 0 Å².